The first kappa shape index (κ1) is 12.1. The van der Waals surface area contributed by atoms with Gasteiger partial charge < -0.3 is 4.74 Å². The second-order valence-electron chi connectivity index (χ2n) is 3.36. The molecule has 0 N–H and O–H groups in total. The number of ether oxygens (including phenoxy) is 1. The van der Waals surface area contributed by atoms with Crippen LogP contribution in [0.2, 0.25) is 0 Å². The molecule has 76 valence electrons. The van der Waals surface area contributed by atoms with Crippen molar-refractivity contribution in [3.05, 3.63) is 0 Å². The average molecular weight is 186 g/mol. The summed E-state index contributed by atoms with van der Waals surface area (Å²) in [5, 5.41) is 0. The van der Waals surface area contributed by atoms with Crippen molar-refractivity contribution in [3.63, 3.8) is 0 Å². The molecule has 0 aromatic rings. The topological polar surface area (TPSA) is 43.4 Å². The third kappa shape index (κ3) is 4.06. The quantitative estimate of drug-likeness (QED) is 0.499. The van der Waals surface area contributed by atoms with Gasteiger partial charge in [0.15, 0.2) is 0 Å². The molecule has 13 heavy (non-hydrogen) atoms. The lowest BCUT2D eigenvalue weighted by Gasteiger charge is -2.10. The van der Waals surface area contributed by atoms with Crippen LogP contribution in [0.25, 0.3) is 0 Å². The van der Waals surface area contributed by atoms with E-state index in [0.29, 0.717) is 12.8 Å². The van der Waals surface area contributed by atoms with Gasteiger partial charge in [-0.05, 0) is 12.8 Å². The summed E-state index contributed by atoms with van der Waals surface area (Å²) in [6.07, 6.45) is 1.40. The van der Waals surface area contributed by atoms with Gasteiger partial charge in [-0.2, -0.15) is 0 Å². The molecule has 0 aromatic carbocycles. The van der Waals surface area contributed by atoms with Gasteiger partial charge in [-0.1, -0.05) is 27.7 Å². The highest BCUT2D eigenvalue weighted by Gasteiger charge is 2.19. The van der Waals surface area contributed by atoms with Crippen molar-refractivity contribution >= 4 is 11.9 Å². The summed E-state index contributed by atoms with van der Waals surface area (Å²) in [6, 6.07) is 0. The maximum absolute atomic E-state index is 11.2. The van der Waals surface area contributed by atoms with Crippen molar-refractivity contribution in [2.75, 3.05) is 0 Å². The van der Waals surface area contributed by atoms with Crippen LogP contribution in [-0.2, 0) is 14.3 Å². The van der Waals surface area contributed by atoms with Gasteiger partial charge in [0, 0.05) is 0 Å². The van der Waals surface area contributed by atoms with Crippen molar-refractivity contribution in [1.82, 2.24) is 0 Å². The van der Waals surface area contributed by atoms with E-state index in [0.717, 1.165) is 0 Å². The summed E-state index contributed by atoms with van der Waals surface area (Å²) >= 11 is 0. The van der Waals surface area contributed by atoms with Gasteiger partial charge in [0.05, 0.1) is 11.8 Å². The summed E-state index contributed by atoms with van der Waals surface area (Å²) in [4.78, 5) is 22.3. The van der Waals surface area contributed by atoms with Crippen LogP contribution in [0.4, 0.5) is 0 Å². The van der Waals surface area contributed by atoms with Crippen LogP contribution in [0.15, 0.2) is 0 Å². The minimum absolute atomic E-state index is 0.187. The van der Waals surface area contributed by atoms with E-state index >= 15 is 0 Å². The number of hydrogen-bond acceptors (Lipinski definition) is 3. The lowest BCUT2D eigenvalue weighted by molar-refractivity contribution is -0.164. The van der Waals surface area contributed by atoms with Gasteiger partial charge in [0.2, 0.25) is 0 Å². The zero-order chi connectivity index (χ0) is 10.4. The first-order valence-electron chi connectivity index (χ1n) is 4.78. The molecule has 0 bridgehead atoms. The molecule has 3 heteroatoms. The molecule has 0 aliphatic rings. The van der Waals surface area contributed by atoms with E-state index in [2.05, 4.69) is 4.74 Å². The maximum atomic E-state index is 11.2. The molecule has 3 nitrogen and oxygen atoms in total. The van der Waals surface area contributed by atoms with Gasteiger partial charge >= 0.3 is 11.9 Å². The SMILES string of the molecule is CC[C@H](C)C(=O)OC(=O)[C@@H](C)CC. The normalized spacial score (nSPS) is 14.8. The zero-order valence-corrected chi connectivity index (χ0v) is 8.79. The van der Waals surface area contributed by atoms with E-state index in [1.165, 1.54) is 0 Å². The van der Waals surface area contributed by atoms with E-state index in [9.17, 15) is 9.59 Å². The molecule has 0 amide bonds. The van der Waals surface area contributed by atoms with Crippen LogP contribution < -0.4 is 0 Å². The van der Waals surface area contributed by atoms with E-state index < -0.39 is 11.9 Å². The summed E-state index contributed by atoms with van der Waals surface area (Å²) in [6.45, 7) is 7.29. The Balaban J connectivity index is 3.99. The number of carbonyl (C=O) groups is 2. The fourth-order valence-electron chi connectivity index (χ4n) is 0.634. The Morgan fingerprint density at radius 2 is 1.31 bits per heavy atom. The molecule has 0 saturated carbocycles. The highest BCUT2D eigenvalue weighted by molar-refractivity contribution is 5.87. The molecule has 0 fully saturated rings. The summed E-state index contributed by atoms with van der Waals surface area (Å²) in [5.74, 6) is -1.19. The minimum atomic E-state index is -0.409. The first-order valence-corrected chi connectivity index (χ1v) is 4.78. The highest BCUT2D eigenvalue weighted by Crippen LogP contribution is 2.08. The first-order chi connectivity index (χ1) is 6.02. The predicted molar refractivity (Wildman–Crippen MR) is 50.0 cm³/mol. The summed E-state index contributed by atoms with van der Waals surface area (Å²) in [5.41, 5.74) is 0. The van der Waals surface area contributed by atoms with Crippen molar-refractivity contribution in [2.24, 2.45) is 11.8 Å². The van der Waals surface area contributed by atoms with E-state index in [4.69, 9.17) is 0 Å². The number of carbonyl (C=O) groups excluding carboxylic acids is 2. The molecule has 0 unspecified atom stereocenters. The van der Waals surface area contributed by atoms with Crippen LogP contribution >= 0.6 is 0 Å². The molecule has 0 saturated heterocycles. The molecule has 0 aliphatic carbocycles. The summed E-state index contributed by atoms with van der Waals surface area (Å²) < 4.78 is 4.68. The zero-order valence-electron chi connectivity index (χ0n) is 8.79. The second-order valence-corrected chi connectivity index (χ2v) is 3.36. The Hall–Kier alpha value is -0.860. The fourth-order valence-corrected chi connectivity index (χ4v) is 0.634. The highest BCUT2D eigenvalue weighted by atomic mass is 16.6. The second kappa shape index (κ2) is 5.73. The molecule has 0 rings (SSSR count). The Bertz CT molecular complexity index is 167. The number of esters is 2. The average Bonchev–Trinajstić information content (AvgIpc) is 2.14. The van der Waals surface area contributed by atoms with Crippen LogP contribution in [-0.4, -0.2) is 11.9 Å². The lowest BCUT2D eigenvalue weighted by Crippen LogP contribution is -2.22. The Kier molecular flexibility index (Phi) is 5.35. The molecular weight excluding hydrogens is 168 g/mol. The van der Waals surface area contributed by atoms with Gasteiger partial charge in [0.25, 0.3) is 0 Å². The lowest BCUT2D eigenvalue weighted by atomic mass is 10.1. The molecule has 0 heterocycles. The molecule has 2 atom stereocenters. The Morgan fingerprint density at radius 1 is 1.00 bits per heavy atom. The predicted octanol–water partition coefficient (Wildman–Crippen LogP) is 2.15. The molecule has 0 spiro atoms. The van der Waals surface area contributed by atoms with E-state index in [1.54, 1.807) is 13.8 Å². The van der Waals surface area contributed by atoms with Crippen LogP contribution in [0.1, 0.15) is 40.5 Å². The van der Waals surface area contributed by atoms with Crippen LogP contribution in [0.3, 0.4) is 0 Å². The monoisotopic (exact) mass is 186 g/mol. The number of rotatable bonds is 4. The van der Waals surface area contributed by atoms with Crippen LogP contribution in [0, 0.1) is 11.8 Å². The Labute approximate surface area is 79.5 Å². The van der Waals surface area contributed by atoms with Crippen molar-refractivity contribution in [1.29, 1.82) is 0 Å². The largest absolute Gasteiger partial charge is 0.393 e. The fraction of sp³-hybridized carbons (Fsp3) is 0.800. The third-order valence-corrected chi connectivity index (χ3v) is 2.23. The van der Waals surface area contributed by atoms with Crippen molar-refractivity contribution < 1.29 is 14.3 Å². The third-order valence-electron chi connectivity index (χ3n) is 2.23. The molecular formula is C10H18O3. The number of hydrogen-bond donors (Lipinski definition) is 0. The maximum Gasteiger partial charge on any atom is 0.316 e. The van der Waals surface area contributed by atoms with Gasteiger partial charge in [-0.15, -0.1) is 0 Å². The van der Waals surface area contributed by atoms with Gasteiger partial charge in [-0.3, -0.25) is 9.59 Å². The van der Waals surface area contributed by atoms with Gasteiger partial charge in [0.1, 0.15) is 0 Å². The van der Waals surface area contributed by atoms with E-state index in [1.807, 2.05) is 13.8 Å². The van der Waals surface area contributed by atoms with Crippen LogP contribution in [0.5, 0.6) is 0 Å². The minimum Gasteiger partial charge on any atom is -0.393 e. The standard InChI is InChI=1S/C10H18O3/c1-5-7(3)9(11)13-10(12)8(4)6-2/h7-8H,5-6H2,1-4H3/t7-,8-/m0/s1. The van der Waals surface area contributed by atoms with Gasteiger partial charge in [-0.25, -0.2) is 0 Å². The smallest absolute Gasteiger partial charge is 0.316 e. The molecule has 0 radical (unpaired) electrons. The molecule has 0 aliphatic heterocycles. The van der Waals surface area contributed by atoms with Crippen molar-refractivity contribution in [3.8, 4) is 0 Å². The van der Waals surface area contributed by atoms with Crippen molar-refractivity contribution in [2.45, 2.75) is 40.5 Å². The Morgan fingerprint density at radius 3 is 1.54 bits per heavy atom. The summed E-state index contributed by atoms with van der Waals surface area (Å²) in [7, 11) is 0. The van der Waals surface area contributed by atoms with E-state index in [-0.39, 0.29) is 11.8 Å². The molecule has 0 aromatic heterocycles.